The highest BCUT2D eigenvalue weighted by Gasteiger charge is 2.03. The Hall–Kier alpha value is -2.50. The van der Waals surface area contributed by atoms with Gasteiger partial charge in [-0.15, -0.1) is 0 Å². The zero-order chi connectivity index (χ0) is 15.0. The molecule has 6 heteroatoms. The van der Waals surface area contributed by atoms with Crippen LogP contribution in [0.5, 0.6) is 11.5 Å². The van der Waals surface area contributed by atoms with Gasteiger partial charge < -0.3 is 19.9 Å². The highest BCUT2D eigenvalue weighted by Crippen LogP contribution is 2.27. The molecular formula is C14H17NO5. The van der Waals surface area contributed by atoms with E-state index in [1.165, 1.54) is 13.2 Å². The molecule has 0 aliphatic heterocycles. The predicted molar refractivity (Wildman–Crippen MR) is 73.8 cm³/mol. The van der Waals surface area contributed by atoms with Crippen molar-refractivity contribution in [3.8, 4) is 11.5 Å². The Bertz CT molecular complexity index is 510. The van der Waals surface area contributed by atoms with Crippen molar-refractivity contribution in [2.45, 2.75) is 6.42 Å². The van der Waals surface area contributed by atoms with Gasteiger partial charge in [-0.25, -0.2) is 0 Å². The van der Waals surface area contributed by atoms with Crippen LogP contribution in [-0.2, 0) is 9.59 Å². The van der Waals surface area contributed by atoms with Crippen LogP contribution >= 0.6 is 0 Å². The first kappa shape index (κ1) is 15.6. The summed E-state index contributed by atoms with van der Waals surface area (Å²) in [6, 6.07) is 5.25. The number of hydrogen-bond acceptors (Lipinski definition) is 4. The average Bonchev–Trinajstić information content (AvgIpc) is 2.44. The topological polar surface area (TPSA) is 84.9 Å². The third-order valence-electron chi connectivity index (χ3n) is 2.47. The van der Waals surface area contributed by atoms with Gasteiger partial charge in [0.05, 0.1) is 20.6 Å². The molecular weight excluding hydrogens is 262 g/mol. The summed E-state index contributed by atoms with van der Waals surface area (Å²) in [5.74, 6) is -0.119. The predicted octanol–water partition coefficient (Wildman–Crippen LogP) is 1.31. The highest BCUT2D eigenvalue weighted by molar-refractivity contribution is 5.91. The largest absolute Gasteiger partial charge is 0.493 e. The molecule has 6 nitrogen and oxygen atoms in total. The second-order valence-corrected chi connectivity index (χ2v) is 3.88. The molecule has 0 unspecified atom stereocenters. The molecule has 1 aromatic carbocycles. The molecule has 0 spiro atoms. The zero-order valence-corrected chi connectivity index (χ0v) is 11.4. The van der Waals surface area contributed by atoms with E-state index in [9.17, 15) is 9.59 Å². The minimum Gasteiger partial charge on any atom is -0.493 e. The van der Waals surface area contributed by atoms with E-state index in [1.54, 1.807) is 31.4 Å². The van der Waals surface area contributed by atoms with Crippen molar-refractivity contribution in [3.63, 3.8) is 0 Å². The van der Waals surface area contributed by atoms with Gasteiger partial charge in [-0.1, -0.05) is 6.07 Å². The fourth-order valence-electron chi connectivity index (χ4n) is 1.48. The first-order chi connectivity index (χ1) is 9.56. The van der Waals surface area contributed by atoms with Crippen LogP contribution in [-0.4, -0.2) is 37.7 Å². The van der Waals surface area contributed by atoms with E-state index in [2.05, 4.69) is 5.32 Å². The molecule has 20 heavy (non-hydrogen) atoms. The number of carboxylic acid groups (broad SMARTS) is 1. The molecule has 0 atom stereocenters. The number of hydrogen-bond donors (Lipinski definition) is 2. The zero-order valence-electron chi connectivity index (χ0n) is 11.4. The Balaban J connectivity index is 2.61. The minimum atomic E-state index is -0.950. The van der Waals surface area contributed by atoms with E-state index >= 15 is 0 Å². The van der Waals surface area contributed by atoms with E-state index < -0.39 is 5.97 Å². The van der Waals surface area contributed by atoms with Gasteiger partial charge in [-0.3, -0.25) is 9.59 Å². The van der Waals surface area contributed by atoms with Crippen molar-refractivity contribution in [2.75, 3.05) is 20.8 Å². The summed E-state index contributed by atoms with van der Waals surface area (Å²) in [5.41, 5.74) is 0.774. The molecule has 0 saturated heterocycles. The fourth-order valence-corrected chi connectivity index (χ4v) is 1.48. The molecule has 1 aromatic rings. The van der Waals surface area contributed by atoms with Gasteiger partial charge in [0.1, 0.15) is 0 Å². The second-order valence-electron chi connectivity index (χ2n) is 3.88. The third-order valence-corrected chi connectivity index (χ3v) is 2.47. The lowest BCUT2D eigenvalue weighted by atomic mass is 10.2. The number of benzene rings is 1. The lowest BCUT2D eigenvalue weighted by Gasteiger charge is -2.07. The SMILES string of the molecule is COc1ccc(/C=C/C(=O)NCCC(=O)O)cc1OC. The monoisotopic (exact) mass is 279 g/mol. The Kier molecular flexibility index (Phi) is 6.09. The van der Waals surface area contributed by atoms with Crippen LogP contribution in [0.15, 0.2) is 24.3 Å². The number of carbonyl (C=O) groups is 2. The number of ether oxygens (including phenoxy) is 2. The van der Waals surface area contributed by atoms with Crippen LogP contribution < -0.4 is 14.8 Å². The quantitative estimate of drug-likeness (QED) is 0.735. The number of amides is 1. The van der Waals surface area contributed by atoms with E-state index in [4.69, 9.17) is 14.6 Å². The van der Waals surface area contributed by atoms with Crippen molar-refractivity contribution in [1.82, 2.24) is 5.32 Å². The standard InChI is InChI=1S/C14H17NO5/c1-19-11-5-3-10(9-12(11)20-2)4-6-13(16)15-8-7-14(17)18/h3-6,9H,7-8H2,1-2H3,(H,15,16)(H,17,18)/b6-4+. The van der Waals surface area contributed by atoms with Crippen LogP contribution in [0, 0.1) is 0 Å². The van der Waals surface area contributed by atoms with Crippen molar-refractivity contribution < 1.29 is 24.2 Å². The molecule has 0 heterocycles. The molecule has 2 N–H and O–H groups in total. The maximum absolute atomic E-state index is 11.4. The Labute approximate surface area is 117 Å². The van der Waals surface area contributed by atoms with Gasteiger partial charge >= 0.3 is 5.97 Å². The molecule has 0 fully saturated rings. The summed E-state index contributed by atoms with van der Waals surface area (Å²) in [6.07, 6.45) is 2.84. The Morgan fingerprint density at radius 1 is 1.25 bits per heavy atom. The Morgan fingerprint density at radius 2 is 1.95 bits per heavy atom. The Morgan fingerprint density at radius 3 is 2.55 bits per heavy atom. The van der Waals surface area contributed by atoms with Crippen LogP contribution in [0.1, 0.15) is 12.0 Å². The van der Waals surface area contributed by atoms with Crippen LogP contribution in [0.3, 0.4) is 0 Å². The summed E-state index contributed by atoms with van der Waals surface area (Å²) in [7, 11) is 3.08. The van der Waals surface area contributed by atoms with Crippen molar-refractivity contribution in [3.05, 3.63) is 29.8 Å². The number of aliphatic carboxylic acids is 1. The van der Waals surface area contributed by atoms with Gasteiger partial charge in [-0.2, -0.15) is 0 Å². The van der Waals surface area contributed by atoms with Crippen LogP contribution in [0.2, 0.25) is 0 Å². The maximum Gasteiger partial charge on any atom is 0.305 e. The lowest BCUT2D eigenvalue weighted by Crippen LogP contribution is -2.23. The highest BCUT2D eigenvalue weighted by atomic mass is 16.5. The lowest BCUT2D eigenvalue weighted by molar-refractivity contribution is -0.136. The molecule has 1 rings (SSSR count). The van der Waals surface area contributed by atoms with E-state index in [0.717, 1.165) is 5.56 Å². The maximum atomic E-state index is 11.4. The van der Waals surface area contributed by atoms with Crippen LogP contribution in [0.4, 0.5) is 0 Å². The molecule has 108 valence electrons. The first-order valence-corrected chi connectivity index (χ1v) is 5.96. The van der Waals surface area contributed by atoms with E-state index in [-0.39, 0.29) is 18.9 Å². The van der Waals surface area contributed by atoms with Crippen molar-refractivity contribution >= 4 is 18.0 Å². The van der Waals surface area contributed by atoms with Crippen molar-refractivity contribution in [2.24, 2.45) is 0 Å². The second kappa shape index (κ2) is 7.83. The van der Waals surface area contributed by atoms with Gasteiger partial charge in [0.15, 0.2) is 11.5 Å². The number of methoxy groups -OCH3 is 2. The van der Waals surface area contributed by atoms with E-state index in [1.807, 2.05) is 0 Å². The fraction of sp³-hybridized carbons (Fsp3) is 0.286. The van der Waals surface area contributed by atoms with E-state index in [0.29, 0.717) is 11.5 Å². The van der Waals surface area contributed by atoms with Gasteiger partial charge in [0, 0.05) is 12.6 Å². The number of rotatable bonds is 7. The molecule has 0 bridgehead atoms. The normalized spacial score (nSPS) is 10.3. The first-order valence-electron chi connectivity index (χ1n) is 5.96. The molecule has 1 amide bonds. The number of carbonyl (C=O) groups excluding carboxylic acids is 1. The smallest absolute Gasteiger partial charge is 0.305 e. The average molecular weight is 279 g/mol. The molecule has 0 aliphatic carbocycles. The number of carboxylic acids is 1. The molecule has 0 saturated carbocycles. The molecule has 0 aliphatic rings. The minimum absolute atomic E-state index is 0.101. The van der Waals surface area contributed by atoms with Crippen molar-refractivity contribution in [1.29, 1.82) is 0 Å². The summed E-state index contributed by atoms with van der Waals surface area (Å²) in [4.78, 5) is 21.7. The van der Waals surface area contributed by atoms with Gasteiger partial charge in [0.2, 0.25) is 5.91 Å². The number of nitrogens with one attached hydrogen (secondary N) is 1. The molecule has 0 aromatic heterocycles. The molecule has 0 radical (unpaired) electrons. The summed E-state index contributed by atoms with van der Waals surface area (Å²) in [6.45, 7) is 0.102. The van der Waals surface area contributed by atoms with Gasteiger partial charge in [-0.05, 0) is 23.8 Å². The summed E-state index contributed by atoms with van der Waals surface area (Å²) >= 11 is 0. The third kappa shape index (κ3) is 5.01. The van der Waals surface area contributed by atoms with Gasteiger partial charge in [0.25, 0.3) is 0 Å². The summed E-state index contributed by atoms with van der Waals surface area (Å²) in [5, 5.41) is 10.9. The van der Waals surface area contributed by atoms with Crippen LogP contribution in [0.25, 0.3) is 6.08 Å². The summed E-state index contributed by atoms with van der Waals surface area (Å²) < 4.78 is 10.3.